The zero-order valence-electron chi connectivity index (χ0n) is 20.9. The highest BCUT2D eigenvalue weighted by Crippen LogP contribution is 2.30. The van der Waals surface area contributed by atoms with Gasteiger partial charge in [-0.3, -0.25) is 19.2 Å². The van der Waals surface area contributed by atoms with Crippen LogP contribution in [0.1, 0.15) is 55.3 Å². The maximum atomic E-state index is 13.5. The van der Waals surface area contributed by atoms with Crippen molar-refractivity contribution in [1.82, 2.24) is 10.6 Å². The van der Waals surface area contributed by atoms with Gasteiger partial charge < -0.3 is 25.6 Å². The highest BCUT2D eigenvalue weighted by Gasteiger charge is 2.34. The summed E-state index contributed by atoms with van der Waals surface area (Å²) in [5.41, 5.74) is 0.915. The number of fused-ring (bicyclic) bond motifs is 1. The van der Waals surface area contributed by atoms with Crippen LogP contribution in [0.25, 0.3) is 0 Å². The van der Waals surface area contributed by atoms with Gasteiger partial charge in [-0.1, -0.05) is 24.3 Å². The van der Waals surface area contributed by atoms with Crippen LogP contribution in [-0.2, 0) is 14.3 Å². The monoisotopic (exact) mass is 494 g/mol. The minimum atomic E-state index is -1.10. The number of nitrogens with zero attached hydrogens (tertiary/aromatic N) is 1. The normalized spacial score (nSPS) is 16.1. The Morgan fingerprint density at radius 2 is 1.64 bits per heavy atom. The zero-order valence-corrected chi connectivity index (χ0v) is 20.9. The summed E-state index contributed by atoms with van der Waals surface area (Å²) in [4.78, 5) is 64.2. The predicted octanol–water partition coefficient (Wildman–Crippen LogP) is 2.89. The number of rotatable bonds is 5. The fourth-order valence-corrected chi connectivity index (χ4v) is 3.55. The van der Waals surface area contributed by atoms with E-state index in [1.165, 1.54) is 18.7 Å². The lowest BCUT2D eigenvalue weighted by Crippen LogP contribution is -2.55. The van der Waals surface area contributed by atoms with Gasteiger partial charge in [-0.15, -0.1) is 0 Å². The molecule has 3 N–H and O–H groups in total. The number of nitrogens with one attached hydrogen (secondary N) is 3. The maximum absolute atomic E-state index is 13.5. The first-order valence-electron chi connectivity index (χ1n) is 11.5. The van der Waals surface area contributed by atoms with Crippen molar-refractivity contribution in [3.63, 3.8) is 0 Å². The van der Waals surface area contributed by atoms with E-state index in [-0.39, 0.29) is 12.3 Å². The summed E-state index contributed by atoms with van der Waals surface area (Å²) in [5, 5.41) is 7.79. The molecule has 0 saturated heterocycles. The number of ketones is 1. The summed E-state index contributed by atoms with van der Waals surface area (Å²) in [6, 6.07) is 10.9. The topological polar surface area (TPSA) is 134 Å². The molecule has 1 aliphatic rings. The molecule has 190 valence electrons. The number of anilines is 2. The Bertz CT molecular complexity index is 1190. The number of Topliss-reactive ketones (excluding diaryl/α,β-unsaturated/α-hetero) is 1. The van der Waals surface area contributed by atoms with Crippen LogP contribution in [-0.4, -0.2) is 53.8 Å². The molecule has 0 spiro atoms. The van der Waals surface area contributed by atoms with E-state index in [1.54, 1.807) is 69.3 Å². The maximum Gasteiger partial charge on any atom is 0.408 e. The Hall–Kier alpha value is -4.21. The Labute approximate surface area is 209 Å². The van der Waals surface area contributed by atoms with E-state index >= 15 is 0 Å². The van der Waals surface area contributed by atoms with Crippen molar-refractivity contribution >= 4 is 41.0 Å². The van der Waals surface area contributed by atoms with Gasteiger partial charge in [-0.05, 0) is 58.9 Å². The smallest absolute Gasteiger partial charge is 0.408 e. The Balaban J connectivity index is 1.82. The number of carbonyl (C=O) groups excluding carboxylic acids is 5. The van der Waals surface area contributed by atoms with E-state index < -0.39 is 41.5 Å². The molecule has 0 aliphatic carbocycles. The van der Waals surface area contributed by atoms with Crippen molar-refractivity contribution in [1.29, 1.82) is 0 Å². The molecular weight excluding hydrogens is 464 g/mol. The summed E-state index contributed by atoms with van der Waals surface area (Å²) in [5.74, 6) is -1.67. The second-order valence-electron chi connectivity index (χ2n) is 9.48. The molecule has 10 nitrogen and oxygen atoms in total. The molecule has 2 atom stereocenters. The third-order valence-corrected chi connectivity index (χ3v) is 5.36. The van der Waals surface area contributed by atoms with Gasteiger partial charge in [-0.25, -0.2) is 4.79 Å². The zero-order chi connectivity index (χ0) is 26.6. The third-order valence-electron chi connectivity index (χ3n) is 5.36. The van der Waals surface area contributed by atoms with Gasteiger partial charge in [0.1, 0.15) is 17.7 Å². The van der Waals surface area contributed by atoms with Crippen LogP contribution in [0.4, 0.5) is 16.2 Å². The molecule has 0 fully saturated rings. The van der Waals surface area contributed by atoms with E-state index in [1.807, 2.05) is 0 Å². The highest BCUT2D eigenvalue weighted by molar-refractivity contribution is 6.12. The molecule has 2 aromatic carbocycles. The molecule has 3 rings (SSSR count). The summed E-state index contributed by atoms with van der Waals surface area (Å²) in [6.45, 7) is 7.84. The number of amides is 4. The number of carbonyl (C=O) groups is 5. The standard InChI is InChI=1S/C26H30N4O6/c1-15(27-25(35)36-26(3,4)5)22(32)29-20-14-30(21-9-7-6-8-19(21)28-23(20)33)24(34)18-12-10-17(11-13-18)16(2)31/h6-13,15,20H,14H2,1-5H3,(H,27,35)(H,28,33)(H,29,32)/t15-,20-/m0/s1. The lowest BCUT2D eigenvalue weighted by Gasteiger charge is -2.26. The minimum absolute atomic E-state index is 0.124. The SMILES string of the molecule is CC(=O)c1ccc(C(=O)N2C[C@H](NC(=O)[C@H](C)NC(=O)OC(C)(C)C)C(=O)Nc3ccccc32)cc1. The molecule has 1 heterocycles. The van der Waals surface area contributed by atoms with Crippen LogP contribution in [0.2, 0.25) is 0 Å². The third kappa shape index (κ3) is 6.47. The van der Waals surface area contributed by atoms with Gasteiger partial charge in [0.25, 0.3) is 5.91 Å². The van der Waals surface area contributed by atoms with E-state index in [0.29, 0.717) is 22.5 Å². The minimum Gasteiger partial charge on any atom is -0.444 e. The summed E-state index contributed by atoms with van der Waals surface area (Å²) < 4.78 is 5.17. The van der Waals surface area contributed by atoms with E-state index in [0.717, 1.165) is 0 Å². The van der Waals surface area contributed by atoms with Crippen molar-refractivity contribution in [2.45, 2.75) is 52.3 Å². The first-order chi connectivity index (χ1) is 16.9. The van der Waals surface area contributed by atoms with E-state index in [2.05, 4.69) is 16.0 Å². The second-order valence-corrected chi connectivity index (χ2v) is 9.48. The number of benzene rings is 2. The molecule has 0 radical (unpaired) electrons. The highest BCUT2D eigenvalue weighted by atomic mass is 16.6. The fourth-order valence-electron chi connectivity index (χ4n) is 3.55. The Morgan fingerprint density at radius 1 is 1.03 bits per heavy atom. The van der Waals surface area contributed by atoms with Crippen molar-refractivity contribution in [2.24, 2.45) is 0 Å². The molecule has 0 bridgehead atoms. The first kappa shape index (κ1) is 26.4. The van der Waals surface area contributed by atoms with Crippen LogP contribution in [0.3, 0.4) is 0 Å². The molecule has 10 heteroatoms. The number of alkyl carbamates (subject to hydrolysis) is 1. The molecule has 36 heavy (non-hydrogen) atoms. The molecule has 2 aromatic rings. The van der Waals surface area contributed by atoms with Crippen molar-refractivity contribution in [3.05, 3.63) is 59.7 Å². The van der Waals surface area contributed by atoms with E-state index in [9.17, 15) is 24.0 Å². The van der Waals surface area contributed by atoms with Crippen LogP contribution in [0.15, 0.2) is 48.5 Å². The van der Waals surface area contributed by atoms with Crippen LogP contribution in [0.5, 0.6) is 0 Å². The summed E-state index contributed by atoms with van der Waals surface area (Å²) in [7, 11) is 0. The van der Waals surface area contributed by atoms with Crippen LogP contribution < -0.4 is 20.9 Å². The molecule has 4 amide bonds. The number of para-hydroxylation sites is 2. The van der Waals surface area contributed by atoms with Crippen LogP contribution >= 0.6 is 0 Å². The Morgan fingerprint density at radius 3 is 2.25 bits per heavy atom. The average molecular weight is 495 g/mol. The molecule has 0 unspecified atom stereocenters. The molecule has 0 aromatic heterocycles. The average Bonchev–Trinajstić information content (AvgIpc) is 2.93. The van der Waals surface area contributed by atoms with Gasteiger partial charge in [-0.2, -0.15) is 0 Å². The first-order valence-corrected chi connectivity index (χ1v) is 11.5. The van der Waals surface area contributed by atoms with Gasteiger partial charge in [0.05, 0.1) is 17.9 Å². The van der Waals surface area contributed by atoms with Gasteiger partial charge in [0.2, 0.25) is 11.8 Å². The predicted molar refractivity (Wildman–Crippen MR) is 134 cm³/mol. The van der Waals surface area contributed by atoms with Gasteiger partial charge in [0, 0.05) is 11.1 Å². The van der Waals surface area contributed by atoms with Crippen molar-refractivity contribution < 1.29 is 28.7 Å². The summed E-state index contributed by atoms with van der Waals surface area (Å²) >= 11 is 0. The molecular formula is C26H30N4O6. The van der Waals surface area contributed by atoms with Gasteiger partial charge >= 0.3 is 6.09 Å². The summed E-state index contributed by atoms with van der Waals surface area (Å²) in [6.07, 6.45) is -0.770. The number of hydrogen-bond donors (Lipinski definition) is 3. The number of hydrogen-bond acceptors (Lipinski definition) is 6. The molecule has 1 aliphatic heterocycles. The van der Waals surface area contributed by atoms with Crippen LogP contribution in [0, 0.1) is 0 Å². The lowest BCUT2D eigenvalue weighted by molar-refractivity contribution is -0.127. The quantitative estimate of drug-likeness (QED) is 0.548. The van der Waals surface area contributed by atoms with Gasteiger partial charge in [0.15, 0.2) is 5.78 Å². The van der Waals surface area contributed by atoms with E-state index in [4.69, 9.17) is 4.74 Å². The largest absolute Gasteiger partial charge is 0.444 e. The fraction of sp³-hybridized carbons (Fsp3) is 0.346. The lowest BCUT2D eigenvalue weighted by atomic mass is 10.1. The number of ether oxygens (including phenoxy) is 1. The van der Waals surface area contributed by atoms with Crippen molar-refractivity contribution in [3.8, 4) is 0 Å². The molecule has 0 saturated carbocycles. The Kier molecular flexibility index (Phi) is 7.77. The van der Waals surface area contributed by atoms with Crippen molar-refractivity contribution in [2.75, 3.05) is 16.8 Å². The second kappa shape index (κ2) is 10.6.